The minimum Gasteiger partial charge on any atom is -0.504 e. The number of halogens is 1. The lowest BCUT2D eigenvalue weighted by Crippen LogP contribution is -2.64. The van der Waals surface area contributed by atoms with Crippen LogP contribution in [-0.2, 0) is 16.5 Å². The van der Waals surface area contributed by atoms with E-state index in [0.717, 1.165) is 29.4 Å². The van der Waals surface area contributed by atoms with Crippen molar-refractivity contribution in [2.45, 2.75) is 39.2 Å². The maximum Gasteiger partial charge on any atom is 0.410 e. The van der Waals surface area contributed by atoms with Crippen molar-refractivity contribution in [2.75, 3.05) is 20.2 Å². The van der Waals surface area contributed by atoms with Crippen LogP contribution in [0.4, 0.5) is 4.79 Å². The SMILES string of the molecule is CO/C=C(/c1ccc(Cl)c2c(=O)n(C)ncc12)C1CC2(C1)CN(C(=O)OC(C)(C)C)C2. The van der Waals surface area contributed by atoms with Crippen LogP contribution in [0.5, 0.6) is 0 Å². The number of rotatable bonds is 3. The lowest BCUT2D eigenvalue weighted by molar-refractivity contribution is -0.0833. The number of aromatic nitrogens is 2. The predicted octanol–water partition coefficient (Wildman–Crippen LogP) is 4.22. The number of carbonyl (C=O) groups excluding carboxylic acids is 1. The molecule has 7 nitrogen and oxygen atoms in total. The van der Waals surface area contributed by atoms with E-state index >= 15 is 0 Å². The largest absolute Gasteiger partial charge is 0.504 e. The van der Waals surface area contributed by atoms with E-state index in [1.165, 1.54) is 4.68 Å². The summed E-state index contributed by atoms with van der Waals surface area (Å²) in [6.07, 6.45) is 5.08. The number of hydrogen-bond acceptors (Lipinski definition) is 5. The van der Waals surface area contributed by atoms with Crippen LogP contribution in [0.15, 0.2) is 29.4 Å². The summed E-state index contributed by atoms with van der Waals surface area (Å²) >= 11 is 6.34. The van der Waals surface area contributed by atoms with Gasteiger partial charge in [0.15, 0.2) is 0 Å². The topological polar surface area (TPSA) is 73.7 Å². The van der Waals surface area contributed by atoms with Gasteiger partial charge in [-0.1, -0.05) is 17.7 Å². The Morgan fingerprint density at radius 2 is 1.97 bits per heavy atom. The summed E-state index contributed by atoms with van der Waals surface area (Å²) in [5, 5.41) is 5.79. The van der Waals surface area contributed by atoms with Crippen molar-refractivity contribution < 1.29 is 14.3 Å². The van der Waals surface area contributed by atoms with E-state index in [1.807, 2.05) is 26.8 Å². The van der Waals surface area contributed by atoms with Crippen LogP contribution in [0.1, 0.15) is 39.2 Å². The number of amides is 1. The van der Waals surface area contributed by atoms with Gasteiger partial charge in [0.05, 0.1) is 30.0 Å². The van der Waals surface area contributed by atoms with Gasteiger partial charge in [-0.25, -0.2) is 9.48 Å². The van der Waals surface area contributed by atoms with Crippen LogP contribution >= 0.6 is 11.6 Å². The highest BCUT2D eigenvalue weighted by molar-refractivity contribution is 6.35. The number of allylic oxidation sites excluding steroid dienone is 1. The Hall–Kier alpha value is -2.54. The molecule has 1 spiro atoms. The fraction of sp³-hybridized carbons (Fsp3) is 0.522. The maximum absolute atomic E-state index is 12.6. The van der Waals surface area contributed by atoms with Gasteiger partial charge in [-0.15, -0.1) is 0 Å². The zero-order valence-electron chi connectivity index (χ0n) is 18.6. The number of fused-ring (bicyclic) bond motifs is 1. The average Bonchev–Trinajstić information content (AvgIpc) is 2.60. The molecule has 2 aliphatic rings. The number of carbonyl (C=O) groups is 1. The normalized spacial score (nSPS) is 18.6. The lowest BCUT2D eigenvalue weighted by atomic mass is 9.55. The first kappa shape index (κ1) is 21.7. The van der Waals surface area contributed by atoms with Crippen molar-refractivity contribution in [1.29, 1.82) is 0 Å². The minimum atomic E-state index is -0.489. The summed E-state index contributed by atoms with van der Waals surface area (Å²) in [6.45, 7) is 7.05. The first-order valence-corrected chi connectivity index (χ1v) is 10.8. The van der Waals surface area contributed by atoms with Gasteiger partial charge in [-0.3, -0.25) is 4.79 Å². The van der Waals surface area contributed by atoms with Crippen molar-refractivity contribution in [1.82, 2.24) is 14.7 Å². The number of aryl methyl sites for hydroxylation is 1. The van der Waals surface area contributed by atoms with Gasteiger partial charge in [-0.05, 0) is 56.7 Å². The fourth-order valence-electron chi connectivity index (χ4n) is 4.74. The van der Waals surface area contributed by atoms with Gasteiger partial charge < -0.3 is 14.4 Å². The number of ether oxygens (including phenoxy) is 2. The van der Waals surface area contributed by atoms with Crippen molar-refractivity contribution in [2.24, 2.45) is 18.4 Å². The molecule has 1 amide bonds. The fourth-order valence-corrected chi connectivity index (χ4v) is 4.99. The number of likely N-dealkylation sites (tertiary alicyclic amines) is 1. The van der Waals surface area contributed by atoms with E-state index in [1.54, 1.807) is 37.6 Å². The van der Waals surface area contributed by atoms with Crippen LogP contribution in [0.3, 0.4) is 0 Å². The summed E-state index contributed by atoms with van der Waals surface area (Å²) in [7, 11) is 3.23. The van der Waals surface area contributed by atoms with Gasteiger partial charge in [-0.2, -0.15) is 5.10 Å². The Bertz CT molecular complexity index is 1120. The van der Waals surface area contributed by atoms with Gasteiger partial charge >= 0.3 is 6.09 Å². The second-order valence-corrected chi connectivity index (χ2v) is 10.1. The molecule has 8 heteroatoms. The van der Waals surface area contributed by atoms with Crippen LogP contribution in [0.25, 0.3) is 16.3 Å². The van der Waals surface area contributed by atoms with Gasteiger partial charge in [0.25, 0.3) is 5.56 Å². The Kier molecular flexibility index (Phi) is 5.28. The molecule has 0 bridgehead atoms. The molecular formula is C23H28ClN3O4. The highest BCUT2D eigenvalue weighted by Gasteiger charge is 2.55. The monoisotopic (exact) mass is 445 g/mol. The van der Waals surface area contributed by atoms with Crippen LogP contribution < -0.4 is 5.56 Å². The van der Waals surface area contributed by atoms with E-state index in [2.05, 4.69) is 5.10 Å². The predicted molar refractivity (Wildman–Crippen MR) is 120 cm³/mol. The van der Waals surface area contributed by atoms with Crippen molar-refractivity contribution in [3.63, 3.8) is 0 Å². The highest BCUT2D eigenvalue weighted by atomic mass is 35.5. The second kappa shape index (κ2) is 7.55. The molecule has 1 aliphatic heterocycles. The molecule has 1 saturated heterocycles. The molecule has 4 rings (SSSR count). The quantitative estimate of drug-likeness (QED) is 0.661. The Balaban J connectivity index is 1.54. The van der Waals surface area contributed by atoms with Gasteiger partial charge in [0.1, 0.15) is 5.60 Å². The molecule has 2 aromatic rings. The molecule has 1 aromatic heterocycles. The highest BCUT2D eigenvalue weighted by Crippen LogP contribution is 2.56. The first-order chi connectivity index (χ1) is 14.5. The third-order valence-electron chi connectivity index (χ3n) is 6.12. The van der Waals surface area contributed by atoms with E-state index in [9.17, 15) is 9.59 Å². The Morgan fingerprint density at radius 1 is 1.29 bits per heavy atom. The molecule has 2 heterocycles. The first-order valence-electron chi connectivity index (χ1n) is 10.4. The van der Waals surface area contributed by atoms with Crippen molar-refractivity contribution in [3.8, 4) is 0 Å². The summed E-state index contributed by atoms with van der Waals surface area (Å²) in [6, 6.07) is 3.68. The zero-order valence-corrected chi connectivity index (χ0v) is 19.3. The molecule has 0 radical (unpaired) electrons. The molecule has 31 heavy (non-hydrogen) atoms. The van der Waals surface area contributed by atoms with Crippen LogP contribution in [-0.4, -0.2) is 46.6 Å². The molecule has 166 valence electrons. The number of hydrogen-bond donors (Lipinski definition) is 0. The van der Waals surface area contributed by atoms with Crippen molar-refractivity contribution in [3.05, 3.63) is 45.5 Å². The molecule has 1 aromatic carbocycles. The average molecular weight is 446 g/mol. The number of benzene rings is 1. The van der Waals surface area contributed by atoms with E-state index in [-0.39, 0.29) is 23.0 Å². The smallest absolute Gasteiger partial charge is 0.410 e. The summed E-state index contributed by atoms with van der Waals surface area (Å²) in [5.41, 5.74) is 1.36. The number of methoxy groups -OCH3 is 1. The lowest BCUT2D eigenvalue weighted by Gasteiger charge is -2.59. The molecule has 1 saturated carbocycles. The Labute approximate surface area is 186 Å². The third-order valence-corrected chi connectivity index (χ3v) is 6.44. The standard InChI is InChI=1S/C23H28ClN3O4/c1-22(2,3)31-21(29)27-12-23(13-27)8-14(9-23)17(11-30-5)15-6-7-18(24)19-16(15)10-25-26(4)20(19)28/h6-7,10-11,14H,8-9,12-13H2,1-5H3/b17-11+. The molecule has 0 unspecified atom stereocenters. The molecule has 0 N–H and O–H groups in total. The third kappa shape index (κ3) is 3.91. The van der Waals surface area contributed by atoms with E-state index in [0.29, 0.717) is 23.5 Å². The van der Waals surface area contributed by atoms with Crippen LogP contribution in [0, 0.1) is 11.3 Å². The maximum atomic E-state index is 12.6. The van der Waals surface area contributed by atoms with Crippen molar-refractivity contribution >= 4 is 34.0 Å². The summed E-state index contributed by atoms with van der Waals surface area (Å²) in [5.74, 6) is 0.272. The zero-order chi connectivity index (χ0) is 22.6. The van der Waals surface area contributed by atoms with E-state index < -0.39 is 5.60 Å². The Morgan fingerprint density at radius 3 is 2.58 bits per heavy atom. The molecule has 2 fully saturated rings. The molecule has 1 aliphatic carbocycles. The van der Waals surface area contributed by atoms with Crippen LogP contribution in [0.2, 0.25) is 5.02 Å². The van der Waals surface area contributed by atoms with Gasteiger partial charge in [0, 0.05) is 30.9 Å². The van der Waals surface area contributed by atoms with Gasteiger partial charge in [0.2, 0.25) is 0 Å². The second-order valence-electron chi connectivity index (χ2n) is 9.71. The number of nitrogens with zero attached hydrogens (tertiary/aromatic N) is 3. The summed E-state index contributed by atoms with van der Waals surface area (Å²) < 4.78 is 12.2. The minimum absolute atomic E-state index is 0.130. The molecule has 0 atom stereocenters. The van der Waals surface area contributed by atoms with E-state index in [4.69, 9.17) is 21.1 Å². The molecular weight excluding hydrogens is 418 g/mol. The summed E-state index contributed by atoms with van der Waals surface area (Å²) in [4.78, 5) is 26.6.